The lowest BCUT2D eigenvalue weighted by atomic mass is 10.1. The number of nitrogens with zero attached hydrogens (tertiary/aromatic N) is 3. The first-order valence-corrected chi connectivity index (χ1v) is 14.3. The second-order valence-corrected chi connectivity index (χ2v) is 12.9. The molecule has 2 aromatic heterocycles. The summed E-state index contributed by atoms with van der Waals surface area (Å²) in [5, 5.41) is -0.361. The molecule has 3 heterocycles. The normalized spacial score (nSPS) is 19.6. The number of fused-ring (bicyclic) bond motifs is 1. The van der Waals surface area contributed by atoms with E-state index >= 15 is 0 Å². The zero-order valence-electron chi connectivity index (χ0n) is 22.3. The van der Waals surface area contributed by atoms with Gasteiger partial charge in [0, 0.05) is 26.1 Å². The molecule has 9 nitrogen and oxygen atoms in total. The molecular weight excluding hydrogens is 521 g/mol. The third kappa shape index (κ3) is 5.40. The number of hydrogen-bond acceptors (Lipinski definition) is 8. The number of benzene rings is 1. The molecule has 3 aromatic rings. The Morgan fingerprint density at radius 3 is 2.56 bits per heavy atom. The van der Waals surface area contributed by atoms with Gasteiger partial charge in [-0.1, -0.05) is 33.8 Å². The number of aromatic nitrogens is 2. The number of anilines is 2. The summed E-state index contributed by atoms with van der Waals surface area (Å²) in [5.74, 6) is 0.598. The van der Waals surface area contributed by atoms with E-state index in [0.29, 0.717) is 54.4 Å². The number of carbonyl (C=O) groups excluding carboxylic acids is 1. The molecule has 39 heavy (non-hydrogen) atoms. The number of hydrogen-bond donors (Lipinski definition) is 2. The Morgan fingerprint density at radius 1 is 1.18 bits per heavy atom. The first kappa shape index (κ1) is 26.9. The molecule has 1 aliphatic heterocycles. The summed E-state index contributed by atoms with van der Waals surface area (Å²) in [6.07, 6.45) is 0. The molecule has 11 heteroatoms. The van der Waals surface area contributed by atoms with Crippen LogP contribution in [-0.4, -0.2) is 44.0 Å². The summed E-state index contributed by atoms with van der Waals surface area (Å²) in [6, 6.07) is 11.6. The maximum absolute atomic E-state index is 14.5. The van der Waals surface area contributed by atoms with Crippen LogP contribution in [0.3, 0.4) is 0 Å². The number of halogens is 1. The van der Waals surface area contributed by atoms with Gasteiger partial charge in [-0.15, -0.1) is 0 Å². The monoisotopic (exact) mass is 555 g/mol. The van der Waals surface area contributed by atoms with Crippen molar-refractivity contribution < 1.29 is 23.8 Å². The number of pyridine rings is 2. The van der Waals surface area contributed by atoms with Crippen molar-refractivity contribution in [3.8, 4) is 17.0 Å². The largest absolute Gasteiger partial charge is 0.493 e. The van der Waals surface area contributed by atoms with Crippen LogP contribution in [-0.2, 0) is 10.0 Å². The molecule has 3 N–H and O–H groups in total. The van der Waals surface area contributed by atoms with Crippen LogP contribution in [0.25, 0.3) is 11.3 Å². The van der Waals surface area contributed by atoms with E-state index in [9.17, 15) is 17.6 Å². The Balaban J connectivity index is 0.00000370. The van der Waals surface area contributed by atoms with Gasteiger partial charge in [-0.25, -0.2) is 19.1 Å². The molecule has 2 atom stereocenters. The van der Waals surface area contributed by atoms with Crippen LogP contribution < -0.4 is 20.1 Å². The molecule has 1 aromatic carbocycles. The van der Waals surface area contributed by atoms with Crippen LogP contribution in [0, 0.1) is 29.0 Å². The Morgan fingerprint density at radius 2 is 1.90 bits per heavy atom. The molecule has 5 rings (SSSR count). The lowest BCUT2D eigenvalue weighted by Gasteiger charge is -2.25. The third-order valence-corrected chi connectivity index (χ3v) is 8.77. The lowest BCUT2D eigenvalue weighted by molar-refractivity contribution is 0.0981. The van der Waals surface area contributed by atoms with Crippen molar-refractivity contribution in [1.29, 1.82) is 0 Å². The minimum absolute atomic E-state index is 0. The minimum atomic E-state index is -4.28. The molecule has 1 amide bonds. The maximum Gasteiger partial charge on any atom is 0.281 e. The smallest absolute Gasteiger partial charge is 0.281 e. The fraction of sp³-hybridized carbons (Fsp3) is 0.393. The Hall–Kier alpha value is -3.73. The summed E-state index contributed by atoms with van der Waals surface area (Å²) in [5.41, 5.74) is 6.87. The van der Waals surface area contributed by atoms with Gasteiger partial charge in [0.25, 0.3) is 15.9 Å². The topological polar surface area (TPSA) is 128 Å². The summed E-state index contributed by atoms with van der Waals surface area (Å²) in [4.78, 5) is 23.9. The minimum Gasteiger partial charge on any atom is -0.493 e. The van der Waals surface area contributed by atoms with Crippen molar-refractivity contribution in [2.45, 2.75) is 32.7 Å². The Kier molecular flexibility index (Phi) is 6.74. The van der Waals surface area contributed by atoms with E-state index in [1.54, 1.807) is 12.1 Å². The average Bonchev–Trinajstić information content (AvgIpc) is 3.19. The second-order valence-electron chi connectivity index (χ2n) is 11.2. The molecule has 1 saturated carbocycles. The SMILES string of the molecule is CC(C)COc1cc(F)cc(-c2ccc(C(=O)NS(=O)(=O)c3cccc(N)n3)c(N3CC4C(C3)C4(C)C)n2)c1.[HH]. The van der Waals surface area contributed by atoms with Crippen LogP contribution in [0.15, 0.2) is 53.6 Å². The van der Waals surface area contributed by atoms with Gasteiger partial charge in [0.2, 0.25) is 0 Å². The number of amides is 1. The van der Waals surface area contributed by atoms with Gasteiger partial charge in [-0.3, -0.25) is 4.79 Å². The van der Waals surface area contributed by atoms with Gasteiger partial charge < -0.3 is 15.4 Å². The van der Waals surface area contributed by atoms with Gasteiger partial charge in [0.15, 0.2) is 5.03 Å². The molecule has 0 spiro atoms. The van der Waals surface area contributed by atoms with Gasteiger partial charge in [-0.05, 0) is 59.6 Å². The summed E-state index contributed by atoms with van der Waals surface area (Å²) in [6.45, 7) is 10.2. The molecule has 2 unspecified atom stereocenters. The van der Waals surface area contributed by atoms with Crippen LogP contribution in [0.5, 0.6) is 5.75 Å². The molecule has 2 fully saturated rings. The van der Waals surface area contributed by atoms with Crippen molar-refractivity contribution in [2.75, 3.05) is 30.3 Å². The molecule has 1 aliphatic carbocycles. The number of rotatable bonds is 8. The summed E-state index contributed by atoms with van der Waals surface area (Å²) < 4.78 is 48.1. The molecule has 0 bridgehead atoms. The molecule has 1 saturated heterocycles. The van der Waals surface area contributed by atoms with Crippen molar-refractivity contribution in [2.24, 2.45) is 23.2 Å². The highest BCUT2D eigenvalue weighted by atomic mass is 32.2. The first-order valence-electron chi connectivity index (χ1n) is 12.8. The second kappa shape index (κ2) is 9.78. The van der Waals surface area contributed by atoms with E-state index in [2.05, 4.69) is 23.6 Å². The zero-order chi connectivity index (χ0) is 28.1. The molecule has 0 radical (unpaired) electrons. The number of carbonyl (C=O) groups is 1. The number of piperidine rings is 1. The molecular formula is C28H34FN5O4S. The number of sulfonamides is 1. The van der Waals surface area contributed by atoms with Gasteiger partial charge in [0.05, 0.1) is 17.9 Å². The highest BCUT2D eigenvalue weighted by molar-refractivity contribution is 7.90. The maximum atomic E-state index is 14.5. The van der Waals surface area contributed by atoms with Gasteiger partial charge in [-0.2, -0.15) is 8.42 Å². The van der Waals surface area contributed by atoms with E-state index < -0.39 is 21.7 Å². The van der Waals surface area contributed by atoms with Crippen LogP contribution in [0.4, 0.5) is 16.0 Å². The Labute approximate surface area is 229 Å². The summed E-state index contributed by atoms with van der Waals surface area (Å²) in [7, 11) is -4.28. The van der Waals surface area contributed by atoms with Crippen LogP contribution >= 0.6 is 0 Å². The van der Waals surface area contributed by atoms with Gasteiger partial charge in [0.1, 0.15) is 23.2 Å². The fourth-order valence-electron chi connectivity index (χ4n) is 5.20. The number of nitrogen functional groups attached to an aromatic ring is 1. The van der Waals surface area contributed by atoms with Crippen molar-refractivity contribution in [1.82, 2.24) is 14.7 Å². The number of ether oxygens (including phenoxy) is 1. The van der Waals surface area contributed by atoms with Crippen molar-refractivity contribution in [3.05, 3.63) is 59.9 Å². The zero-order valence-corrected chi connectivity index (χ0v) is 23.1. The quantitative estimate of drug-likeness (QED) is 0.420. The molecule has 208 valence electrons. The van der Waals surface area contributed by atoms with E-state index in [0.717, 1.165) is 0 Å². The predicted molar refractivity (Wildman–Crippen MR) is 148 cm³/mol. The average molecular weight is 556 g/mol. The van der Waals surface area contributed by atoms with Gasteiger partial charge >= 0.3 is 0 Å². The third-order valence-electron chi connectivity index (χ3n) is 7.54. The summed E-state index contributed by atoms with van der Waals surface area (Å²) >= 11 is 0. The highest BCUT2D eigenvalue weighted by Gasteiger charge is 2.62. The van der Waals surface area contributed by atoms with Crippen molar-refractivity contribution >= 4 is 27.6 Å². The number of nitrogens with two attached hydrogens (primary N) is 1. The van der Waals surface area contributed by atoms with Crippen molar-refractivity contribution in [3.63, 3.8) is 0 Å². The molecule has 2 aliphatic rings. The van der Waals surface area contributed by atoms with E-state index in [4.69, 9.17) is 15.5 Å². The highest BCUT2D eigenvalue weighted by Crippen LogP contribution is 2.62. The lowest BCUT2D eigenvalue weighted by Crippen LogP contribution is -2.34. The Bertz CT molecular complexity index is 1540. The first-order chi connectivity index (χ1) is 18.3. The number of nitrogens with one attached hydrogen (secondary N) is 1. The van der Waals surface area contributed by atoms with E-state index in [1.807, 2.05) is 18.7 Å². The van der Waals surface area contributed by atoms with E-state index in [1.165, 1.54) is 36.4 Å². The van der Waals surface area contributed by atoms with E-state index in [-0.39, 0.29) is 29.2 Å². The van der Waals surface area contributed by atoms with Crippen LogP contribution in [0.1, 0.15) is 39.5 Å². The fourth-order valence-corrected chi connectivity index (χ4v) is 6.14. The standard InChI is InChI=1S/C28H32FN5O4S.H2/c1-16(2)15-38-19-11-17(10-18(29)12-19)23-9-8-20(26(31-23)34-13-21-22(14-34)28(21,3)4)27(35)33-39(36,37)25-7-5-6-24(30)32-25;/h5-12,16,21-22H,13-15H2,1-4H3,(H2,30,32)(H,33,35);1H. The predicted octanol–water partition coefficient (Wildman–Crippen LogP) is 4.36. The van der Waals surface area contributed by atoms with Crippen LogP contribution in [0.2, 0.25) is 0 Å².